The second-order valence-electron chi connectivity index (χ2n) is 5.69. The van der Waals surface area contributed by atoms with Crippen molar-refractivity contribution in [1.82, 2.24) is 0 Å². The normalized spacial score (nSPS) is 20.5. The number of aromatic hydroxyl groups is 1. The van der Waals surface area contributed by atoms with E-state index in [0.717, 1.165) is 0 Å². The van der Waals surface area contributed by atoms with Gasteiger partial charge in [-0.25, -0.2) is 0 Å². The fourth-order valence-corrected chi connectivity index (χ4v) is 1.98. The summed E-state index contributed by atoms with van der Waals surface area (Å²) < 4.78 is 11.7. The van der Waals surface area contributed by atoms with E-state index in [2.05, 4.69) is 0 Å². The first-order valence-corrected chi connectivity index (χ1v) is 6.13. The molecule has 1 aromatic rings. The molecule has 1 saturated heterocycles. The molecule has 0 aromatic heterocycles. The Morgan fingerprint density at radius 3 is 2.21 bits per heavy atom. The lowest BCUT2D eigenvalue weighted by Gasteiger charge is -2.32. The van der Waals surface area contributed by atoms with Crippen molar-refractivity contribution in [2.24, 2.45) is 5.73 Å². The lowest BCUT2D eigenvalue weighted by Crippen LogP contribution is -2.41. The molecule has 1 fully saturated rings. The maximum Gasteiger partial charge on any atom is 0.499 e. The summed E-state index contributed by atoms with van der Waals surface area (Å²) in [6.07, 6.45) is 0. The molecule has 1 aromatic carbocycles. The molecular weight excluding hydrogens is 245 g/mol. The molecule has 0 atom stereocenters. The van der Waals surface area contributed by atoms with Crippen molar-refractivity contribution in [3.8, 4) is 5.75 Å². The van der Waals surface area contributed by atoms with Gasteiger partial charge in [0.15, 0.2) is 0 Å². The van der Waals surface area contributed by atoms with Crippen LogP contribution in [0, 0.1) is 0 Å². The van der Waals surface area contributed by atoms with E-state index in [1.54, 1.807) is 12.1 Å². The number of amides is 1. The SMILES string of the molecule is CC1(C)OB(c2c(O)cccc2C(N)=O)OC1(C)C. The minimum atomic E-state index is -0.811. The molecular formula is C13H18BNO4. The predicted octanol–water partition coefficient (Wildman–Crippen LogP) is 0.790. The molecule has 19 heavy (non-hydrogen) atoms. The number of phenols is 1. The Hall–Kier alpha value is -1.53. The van der Waals surface area contributed by atoms with Gasteiger partial charge in [-0.3, -0.25) is 4.79 Å². The molecule has 0 unspecified atom stereocenters. The van der Waals surface area contributed by atoms with Crippen LogP contribution in [-0.4, -0.2) is 29.3 Å². The lowest BCUT2D eigenvalue weighted by atomic mass is 9.75. The Morgan fingerprint density at radius 1 is 1.21 bits per heavy atom. The number of primary amides is 1. The van der Waals surface area contributed by atoms with Crippen LogP contribution in [-0.2, 0) is 9.31 Å². The zero-order valence-corrected chi connectivity index (χ0v) is 11.6. The van der Waals surface area contributed by atoms with E-state index < -0.39 is 24.2 Å². The molecule has 0 radical (unpaired) electrons. The number of nitrogens with two attached hydrogens (primary N) is 1. The monoisotopic (exact) mass is 263 g/mol. The third-order valence-electron chi connectivity index (χ3n) is 3.84. The Labute approximate surface area is 112 Å². The minimum Gasteiger partial charge on any atom is -0.508 e. The third-order valence-corrected chi connectivity index (χ3v) is 3.84. The van der Waals surface area contributed by atoms with E-state index in [9.17, 15) is 9.90 Å². The molecule has 2 rings (SSSR count). The van der Waals surface area contributed by atoms with Crippen LogP contribution >= 0.6 is 0 Å². The predicted molar refractivity (Wildman–Crippen MR) is 72.3 cm³/mol. The smallest absolute Gasteiger partial charge is 0.499 e. The lowest BCUT2D eigenvalue weighted by molar-refractivity contribution is 0.00578. The summed E-state index contributed by atoms with van der Waals surface area (Å²) in [7, 11) is -0.811. The van der Waals surface area contributed by atoms with Gasteiger partial charge in [0.2, 0.25) is 5.91 Å². The summed E-state index contributed by atoms with van der Waals surface area (Å²) in [5, 5.41) is 9.97. The van der Waals surface area contributed by atoms with Gasteiger partial charge in [-0.05, 0) is 39.8 Å². The highest BCUT2D eigenvalue weighted by Gasteiger charge is 2.53. The summed E-state index contributed by atoms with van der Waals surface area (Å²) in [6.45, 7) is 7.60. The van der Waals surface area contributed by atoms with Crippen molar-refractivity contribution < 1.29 is 19.2 Å². The van der Waals surface area contributed by atoms with Gasteiger partial charge in [0, 0.05) is 11.0 Å². The standard InChI is InChI=1S/C13H18BNO4/c1-12(2)13(3,4)19-14(18-12)10-8(11(15)17)6-5-7-9(10)16/h5-7,16H,1-4H3,(H2,15,17). The summed E-state index contributed by atoms with van der Waals surface area (Å²) >= 11 is 0. The Balaban J connectivity index is 2.48. The maximum absolute atomic E-state index is 11.5. The van der Waals surface area contributed by atoms with Crippen molar-refractivity contribution in [2.75, 3.05) is 0 Å². The molecule has 102 valence electrons. The maximum atomic E-state index is 11.5. The van der Waals surface area contributed by atoms with Crippen LogP contribution in [0.25, 0.3) is 0 Å². The van der Waals surface area contributed by atoms with Crippen molar-refractivity contribution >= 4 is 18.5 Å². The van der Waals surface area contributed by atoms with Gasteiger partial charge in [-0.15, -0.1) is 0 Å². The first-order valence-electron chi connectivity index (χ1n) is 6.13. The summed E-state index contributed by atoms with van der Waals surface area (Å²) in [5.41, 5.74) is 4.72. The van der Waals surface area contributed by atoms with Gasteiger partial charge >= 0.3 is 7.12 Å². The average molecular weight is 263 g/mol. The van der Waals surface area contributed by atoms with Crippen LogP contribution in [0.5, 0.6) is 5.75 Å². The molecule has 1 heterocycles. The highest BCUT2D eigenvalue weighted by Crippen LogP contribution is 2.37. The van der Waals surface area contributed by atoms with Crippen molar-refractivity contribution in [1.29, 1.82) is 0 Å². The number of carbonyl (C=O) groups excluding carboxylic acids is 1. The topological polar surface area (TPSA) is 81.8 Å². The number of hydrogen-bond acceptors (Lipinski definition) is 4. The van der Waals surface area contributed by atoms with E-state index in [-0.39, 0.29) is 16.8 Å². The van der Waals surface area contributed by atoms with Gasteiger partial charge in [0.1, 0.15) is 5.75 Å². The molecule has 5 nitrogen and oxygen atoms in total. The van der Waals surface area contributed by atoms with E-state index in [1.165, 1.54) is 6.07 Å². The minimum absolute atomic E-state index is 0.0604. The molecule has 0 saturated carbocycles. The Morgan fingerprint density at radius 2 is 1.74 bits per heavy atom. The number of hydrogen-bond donors (Lipinski definition) is 2. The third kappa shape index (κ3) is 2.22. The molecule has 0 bridgehead atoms. The molecule has 1 amide bonds. The summed E-state index contributed by atoms with van der Waals surface area (Å²) in [4.78, 5) is 11.5. The van der Waals surface area contributed by atoms with Crippen molar-refractivity contribution in [3.63, 3.8) is 0 Å². The van der Waals surface area contributed by atoms with Crippen molar-refractivity contribution in [3.05, 3.63) is 23.8 Å². The van der Waals surface area contributed by atoms with Crippen LogP contribution in [0.1, 0.15) is 38.1 Å². The van der Waals surface area contributed by atoms with Crippen LogP contribution in [0.2, 0.25) is 0 Å². The first kappa shape index (κ1) is 13.9. The van der Waals surface area contributed by atoms with E-state index in [1.807, 2.05) is 27.7 Å². The molecule has 6 heteroatoms. The highest BCUT2D eigenvalue weighted by molar-refractivity contribution is 6.64. The second-order valence-corrected chi connectivity index (χ2v) is 5.69. The zero-order chi connectivity index (χ0) is 14.4. The number of phenolic OH excluding ortho intramolecular Hbond substituents is 1. The fourth-order valence-electron chi connectivity index (χ4n) is 1.98. The van der Waals surface area contributed by atoms with Gasteiger partial charge in [0.05, 0.1) is 11.2 Å². The van der Waals surface area contributed by atoms with Gasteiger partial charge in [-0.2, -0.15) is 0 Å². The molecule has 1 aliphatic heterocycles. The Kier molecular flexibility index (Phi) is 3.11. The number of carbonyl (C=O) groups is 1. The largest absolute Gasteiger partial charge is 0.508 e. The average Bonchev–Trinajstić information content (AvgIpc) is 2.47. The van der Waals surface area contributed by atoms with E-state index in [4.69, 9.17) is 15.0 Å². The summed E-state index contributed by atoms with van der Waals surface area (Å²) in [5.74, 6) is -0.685. The van der Waals surface area contributed by atoms with E-state index >= 15 is 0 Å². The quantitative estimate of drug-likeness (QED) is 0.773. The molecule has 0 aliphatic carbocycles. The van der Waals surface area contributed by atoms with Crippen LogP contribution in [0.15, 0.2) is 18.2 Å². The highest BCUT2D eigenvalue weighted by atomic mass is 16.7. The summed E-state index contributed by atoms with van der Waals surface area (Å²) in [6, 6.07) is 4.58. The van der Waals surface area contributed by atoms with Gasteiger partial charge in [0.25, 0.3) is 0 Å². The second kappa shape index (κ2) is 4.25. The van der Waals surface area contributed by atoms with Crippen LogP contribution < -0.4 is 11.2 Å². The fraction of sp³-hybridized carbons (Fsp3) is 0.462. The van der Waals surface area contributed by atoms with Crippen molar-refractivity contribution in [2.45, 2.75) is 38.9 Å². The van der Waals surface area contributed by atoms with E-state index in [0.29, 0.717) is 0 Å². The van der Waals surface area contributed by atoms with Gasteiger partial charge < -0.3 is 20.1 Å². The molecule has 3 N–H and O–H groups in total. The van der Waals surface area contributed by atoms with Crippen LogP contribution in [0.3, 0.4) is 0 Å². The molecule has 0 spiro atoms. The first-order chi connectivity index (χ1) is 8.66. The zero-order valence-electron chi connectivity index (χ0n) is 11.6. The Bertz CT molecular complexity index is 511. The van der Waals surface area contributed by atoms with Crippen LogP contribution in [0.4, 0.5) is 0 Å². The number of benzene rings is 1. The van der Waals surface area contributed by atoms with Gasteiger partial charge in [-0.1, -0.05) is 6.07 Å². The molecule has 1 aliphatic rings. The number of rotatable bonds is 2.